The van der Waals surface area contributed by atoms with E-state index in [2.05, 4.69) is 62.6 Å². The number of ether oxygens (including phenoxy) is 1. The van der Waals surface area contributed by atoms with E-state index < -0.39 is 0 Å². The second kappa shape index (κ2) is 7.74. The molecule has 0 spiro atoms. The molecule has 2 fully saturated rings. The van der Waals surface area contributed by atoms with Crippen LogP contribution < -0.4 is 4.46 Å². The summed E-state index contributed by atoms with van der Waals surface area (Å²) >= 11 is 0.453. The number of hydrogen-bond acceptors (Lipinski definition) is 2. The van der Waals surface area contributed by atoms with Crippen LogP contribution >= 0.6 is 0 Å². The zero-order valence-corrected chi connectivity index (χ0v) is 17.0. The summed E-state index contributed by atoms with van der Waals surface area (Å²) in [6.07, 6.45) is 6.56. The Hall–Kier alpha value is -0.601. The molecule has 1 aliphatic carbocycles. The first-order chi connectivity index (χ1) is 11.5. The van der Waals surface area contributed by atoms with Gasteiger partial charge >= 0.3 is 154 Å². The van der Waals surface area contributed by atoms with Crippen molar-refractivity contribution in [3.63, 3.8) is 0 Å². The van der Waals surface area contributed by atoms with Crippen LogP contribution in [0.4, 0.5) is 0 Å². The Labute approximate surface area is 153 Å². The summed E-state index contributed by atoms with van der Waals surface area (Å²) in [7, 11) is 0. The third-order valence-corrected chi connectivity index (χ3v) is 8.06. The van der Waals surface area contributed by atoms with Crippen LogP contribution in [0, 0.1) is 11.8 Å². The second-order valence-corrected chi connectivity index (χ2v) is 10.2. The second-order valence-electron chi connectivity index (χ2n) is 7.87. The number of nitrogens with zero attached hydrogens (tertiary/aromatic N) is 1. The molecule has 2 nitrogen and oxygen atoms in total. The topological polar surface area (TPSA) is 12.5 Å². The summed E-state index contributed by atoms with van der Waals surface area (Å²) in [5.74, 6) is 1.45. The van der Waals surface area contributed by atoms with Gasteiger partial charge in [0.1, 0.15) is 0 Å². The fourth-order valence-corrected chi connectivity index (χ4v) is 6.43. The SMILES string of the molecule is C=CCN1[C@H](C[Se]c2ccccc2)O[C@@H]2C[C@H](C)CC[C@H]2C1(C)C. The molecule has 0 unspecified atom stereocenters. The molecule has 4 atom stereocenters. The van der Waals surface area contributed by atoms with Gasteiger partial charge in [0, 0.05) is 0 Å². The Morgan fingerprint density at radius 3 is 2.75 bits per heavy atom. The van der Waals surface area contributed by atoms with Crippen molar-refractivity contribution in [1.82, 2.24) is 4.90 Å². The molecule has 132 valence electrons. The molecule has 2 aliphatic rings. The molecule has 3 rings (SSSR count). The molecule has 1 heterocycles. The number of rotatable bonds is 5. The third kappa shape index (κ3) is 3.80. The van der Waals surface area contributed by atoms with E-state index in [4.69, 9.17) is 4.74 Å². The molecule has 24 heavy (non-hydrogen) atoms. The van der Waals surface area contributed by atoms with Crippen molar-refractivity contribution < 1.29 is 4.74 Å². The van der Waals surface area contributed by atoms with Crippen LogP contribution in [0.3, 0.4) is 0 Å². The molecule has 0 aromatic heterocycles. The summed E-state index contributed by atoms with van der Waals surface area (Å²) in [5.41, 5.74) is 0.189. The molecular formula is C21H31NOSe. The van der Waals surface area contributed by atoms with Crippen LogP contribution in [0.1, 0.15) is 40.0 Å². The fourth-order valence-electron chi connectivity index (χ4n) is 4.45. The molecular weight excluding hydrogens is 361 g/mol. The van der Waals surface area contributed by atoms with Gasteiger partial charge < -0.3 is 0 Å². The van der Waals surface area contributed by atoms with E-state index in [1.54, 1.807) is 0 Å². The Kier molecular flexibility index (Phi) is 5.87. The summed E-state index contributed by atoms with van der Waals surface area (Å²) < 4.78 is 8.14. The van der Waals surface area contributed by atoms with Crippen molar-refractivity contribution >= 4 is 19.4 Å². The van der Waals surface area contributed by atoms with Crippen LogP contribution in [0.15, 0.2) is 43.0 Å². The standard InChI is InChI=1S/C21H31NOSe/c1-5-13-22-20(15-24-17-9-7-6-8-10-17)23-19-14-16(2)11-12-18(19)21(22,3)4/h5-10,16,18-20H,1,11-15H2,2-4H3/t16-,18-,19-,20+/m1/s1. The van der Waals surface area contributed by atoms with Crippen molar-refractivity contribution in [3.8, 4) is 0 Å². The fraction of sp³-hybridized carbons (Fsp3) is 0.619. The zero-order valence-electron chi connectivity index (χ0n) is 15.3. The monoisotopic (exact) mass is 393 g/mol. The van der Waals surface area contributed by atoms with Crippen molar-refractivity contribution in [2.24, 2.45) is 11.8 Å². The molecule has 0 N–H and O–H groups in total. The van der Waals surface area contributed by atoms with Gasteiger partial charge in [0.25, 0.3) is 0 Å². The quantitative estimate of drug-likeness (QED) is 0.557. The van der Waals surface area contributed by atoms with E-state index in [0.29, 0.717) is 27.0 Å². The Morgan fingerprint density at radius 2 is 2.04 bits per heavy atom. The minimum atomic E-state index is 0.189. The van der Waals surface area contributed by atoms with E-state index in [0.717, 1.165) is 17.8 Å². The predicted molar refractivity (Wildman–Crippen MR) is 103 cm³/mol. The number of benzene rings is 1. The molecule has 0 amide bonds. The maximum atomic E-state index is 6.68. The van der Waals surface area contributed by atoms with E-state index in [-0.39, 0.29) is 11.8 Å². The molecule has 1 aliphatic heterocycles. The summed E-state index contributed by atoms with van der Waals surface area (Å²) in [6.45, 7) is 12.1. The van der Waals surface area contributed by atoms with Crippen LogP contribution in [-0.4, -0.2) is 44.3 Å². The van der Waals surface area contributed by atoms with Crippen LogP contribution in [-0.2, 0) is 4.74 Å². The normalized spacial score (nSPS) is 33.0. The first-order valence-corrected chi connectivity index (χ1v) is 11.3. The minimum absolute atomic E-state index is 0.189. The number of fused-ring (bicyclic) bond motifs is 1. The molecule has 1 aromatic rings. The molecule has 0 radical (unpaired) electrons. The third-order valence-electron chi connectivity index (χ3n) is 5.84. The van der Waals surface area contributed by atoms with Gasteiger partial charge in [-0.05, 0) is 0 Å². The van der Waals surface area contributed by atoms with Gasteiger partial charge in [-0.1, -0.05) is 0 Å². The summed E-state index contributed by atoms with van der Waals surface area (Å²) in [4.78, 5) is 2.57. The van der Waals surface area contributed by atoms with E-state index >= 15 is 0 Å². The molecule has 1 saturated heterocycles. The molecule has 1 saturated carbocycles. The van der Waals surface area contributed by atoms with Crippen LogP contribution in [0.2, 0.25) is 5.32 Å². The number of hydrogen-bond donors (Lipinski definition) is 0. The Balaban J connectivity index is 1.76. The average molecular weight is 392 g/mol. The van der Waals surface area contributed by atoms with Gasteiger partial charge in [0.2, 0.25) is 0 Å². The average Bonchev–Trinajstić information content (AvgIpc) is 2.56. The van der Waals surface area contributed by atoms with Crippen molar-refractivity contribution in [1.29, 1.82) is 0 Å². The van der Waals surface area contributed by atoms with E-state index in [1.165, 1.54) is 23.7 Å². The van der Waals surface area contributed by atoms with Gasteiger partial charge in [-0.15, -0.1) is 0 Å². The molecule has 0 bridgehead atoms. The van der Waals surface area contributed by atoms with Gasteiger partial charge in [0.15, 0.2) is 0 Å². The predicted octanol–water partition coefficient (Wildman–Crippen LogP) is 3.86. The Bertz CT molecular complexity index is 544. The van der Waals surface area contributed by atoms with Gasteiger partial charge in [-0.3, -0.25) is 0 Å². The van der Waals surface area contributed by atoms with Gasteiger partial charge in [-0.25, -0.2) is 0 Å². The van der Waals surface area contributed by atoms with Crippen molar-refractivity contribution in [2.45, 2.75) is 63.2 Å². The zero-order chi connectivity index (χ0) is 17.2. The first-order valence-electron chi connectivity index (χ1n) is 9.23. The summed E-state index contributed by atoms with van der Waals surface area (Å²) in [5, 5.41) is 1.12. The molecule has 3 heteroatoms. The van der Waals surface area contributed by atoms with Gasteiger partial charge in [0.05, 0.1) is 0 Å². The molecule has 1 aromatic carbocycles. The van der Waals surface area contributed by atoms with Gasteiger partial charge in [-0.2, -0.15) is 0 Å². The van der Waals surface area contributed by atoms with E-state index in [1.807, 2.05) is 6.08 Å². The maximum absolute atomic E-state index is 6.68. The van der Waals surface area contributed by atoms with Crippen LogP contribution in [0.25, 0.3) is 0 Å². The first kappa shape index (κ1) is 18.2. The van der Waals surface area contributed by atoms with E-state index in [9.17, 15) is 0 Å². The Morgan fingerprint density at radius 1 is 1.29 bits per heavy atom. The summed E-state index contributed by atoms with van der Waals surface area (Å²) in [6, 6.07) is 10.9. The van der Waals surface area contributed by atoms with Crippen LogP contribution in [0.5, 0.6) is 0 Å². The van der Waals surface area contributed by atoms with Crippen molar-refractivity contribution in [2.75, 3.05) is 6.54 Å². The van der Waals surface area contributed by atoms with Crippen molar-refractivity contribution in [3.05, 3.63) is 43.0 Å².